The van der Waals surface area contributed by atoms with Gasteiger partial charge in [0.2, 0.25) is 0 Å². The van der Waals surface area contributed by atoms with E-state index in [0.29, 0.717) is 0 Å². The molecular formula is C19H18N2O5. The van der Waals surface area contributed by atoms with Crippen molar-refractivity contribution >= 4 is 18.1 Å². The fraction of sp³-hybridized carbons (Fsp3) is 0.211. The van der Waals surface area contributed by atoms with E-state index < -0.39 is 24.1 Å². The number of nitrogens with one attached hydrogen (secondary N) is 1. The minimum Gasteiger partial charge on any atom is -0.445 e. The van der Waals surface area contributed by atoms with Crippen LogP contribution in [-0.2, 0) is 20.9 Å². The first-order valence-corrected chi connectivity index (χ1v) is 8.13. The fourth-order valence-corrected chi connectivity index (χ4v) is 2.57. The van der Waals surface area contributed by atoms with Crippen molar-refractivity contribution in [3.05, 3.63) is 71.8 Å². The van der Waals surface area contributed by atoms with Crippen molar-refractivity contribution in [1.82, 2.24) is 10.2 Å². The standard InChI is InChI=1S/C19H18N2O5/c22-17-13-26-19(24)21(17)11-16(15-9-5-2-6-10-15)20-18(23)25-12-14-7-3-1-4-8-14/h1-10,16H,11-13H2,(H,20,23). The van der Waals surface area contributed by atoms with Gasteiger partial charge >= 0.3 is 12.2 Å². The van der Waals surface area contributed by atoms with Crippen molar-refractivity contribution < 1.29 is 23.9 Å². The second-order valence-electron chi connectivity index (χ2n) is 5.73. The van der Waals surface area contributed by atoms with Crippen molar-refractivity contribution in [3.8, 4) is 0 Å². The number of nitrogens with zero attached hydrogens (tertiary/aromatic N) is 1. The van der Waals surface area contributed by atoms with E-state index in [1.165, 1.54) is 0 Å². The largest absolute Gasteiger partial charge is 0.445 e. The first-order valence-electron chi connectivity index (χ1n) is 8.13. The van der Waals surface area contributed by atoms with Gasteiger partial charge in [0.15, 0.2) is 6.61 Å². The highest BCUT2D eigenvalue weighted by molar-refractivity contribution is 5.97. The monoisotopic (exact) mass is 354 g/mol. The number of imide groups is 1. The van der Waals surface area contributed by atoms with E-state index in [4.69, 9.17) is 9.47 Å². The summed E-state index contributed by atoms with van der Waals surface area (Å²) in [4.78, 5) is 36.6. The van der Waals surface area contributed by atoms with Gasteiger partial charge in [-0.15, -0.1) is 0 Å². The second-order valence-corrected chi connectivity index (χ2v) is 5.73. The molecule has 0 spiro atoms. The van der Waals surface area contributed by atoms with Gasteiger partial charge in [-0.05, 0) is 11.1 Å². The summed E-state index contributed by atoms with van der Waals surface area (Å²) in [7, 11) is 0. The van der Waals surface area contributed by atoms with E-state index >= 15 is 0 Å². The lowest BCUT2D eigenvalue weighted by Gasteiger charge is -2.22. The van der Waals surface area contributed by atoms with Gasteiger partial charge in [0.05, 0.1) is 12.6 Å². The number of ether oxygens (including phenoxy) is 2. The lowest BCUT2D eigenvalue weighted by atomic mass is 10.1. The first-order chi connectivity index (χ1) is 12.6. The third kappa shape index (κ3) is 4.38. The molecule has 0 saturated carbocycles. The van der Waals surface area contributed by atoms with Crippen LogP contribution >= 0.6 is 0 Å². The predicted molar refractivity (Wildman–Crippen MR) is 92.0 cm³/mol. The van der Waals surface area contributed by atoms with Gasteiger partial charge in [-0.1, -0.05) is 60.7 Å². The van der Waals surface area contributed by atoms with E-state index in [-0.39, 0.29) is 19.8 Å². The van der Waals surface area contributed by atoms with Crippen LogP contribution < -0.4 is 5.32 Å². The normalized spacial score (nSPS) is 14.7. The van der Waals surface area contributed by atoms with Gasteiger partial charge < -0.3 is 14.8 Å². The number of carbonyl (C=O) groups is 3. The molecule has 0 aromatic heterocycles. The molecule has 26 heavy (non-hydrogen) atoms. The number of benzene rings is 2. The van der Waals surface area contributed by atoms with Gasteiger partial charge in [-0.2, -0.15) is 0 Å². The molecule has 1 heterocycles. The lowest BCUT2D eigenvalue weighted by molar-refractivity contribution is -0.126. The van der Waals surface area contributed by atoms with Crippen LogP contribution in [-0.4, -0.2) is 36.1 Å². The zero-order valence-corrected chi connectivity index (χ0v) is 14.0. The van der Waals surface area contributed by atoms with Crippen molar-refractivity contribution in [1.29, 1.82) is 0 Å². The van der Waals surface area contributed by atoms with Crippen LogP contribution in [0, 0.1) is 0 Å². The molecule has 134 valence electrons. The molecule has 1 unspecified atom stereocenters. The molecule has 1 aliphatic heterocycles. The summed E-state index contributed by atoms with van der Waals surface area (Å²) < 4.78 is 9.95. The van der Waals surface area contributed by atoms with E-state index in [2.05, 4.69) is 5.32 Å². The maximum atomic E-state index is 12.2. The van der Waals surface area contributed by atoms with Gasteiger partial charge in [-0.25, -0.2) is 14.5 Å². The van der Waals surface area contributed by atoms with Gasteiger partial charge in [0.1, 0.15) is 6.61 Å². The molecule has 3 amide bonds. The average Bonchev–Trinajstić information content (AvgIpc) is 2.99. The van der Waals surface area contributed by atoms with Crippen LogP contribution in [0.4, 0.5) is 9.59 Å². The summed E-state index contributed by atoms with van der Waals surface area (Å²) in [6, 6.07) is 17.7. The van der Waals surface area contributed by atoms with Gasteiger partial charge in [-0.3, -0.25) is 4.79 Å². The molecule has 1 N–H and O–H groups in total. The molecule has 7 heteroatoms. The highest BCUT2D eigenvalue weighted by Gasteiger charge is 2.33. The minimum atomic E-state index is -0.713. The van der Waals surface area contributed by atoms with Crippen LogP contribution in [0.25, 0.3) is 0 Å². The Kier molecular flexibility index (Phi) is 5.48. The molecule has 0 radical (unpaired) electrons. The highest BCUT2D eigenvalue weighted by Crippen LogP contribution is 2.17. The summed E-state index contributed by atoms with van der Waals surface area (Å²) in [5, 5.41) is 2.71. The number of alkyl carbamates (subject to hydrolysis) is 1. The van der Waals surface area contributed by atoms with Crippen LogP contribution in [0.5, 0.6) is 0 Å². The van der Waals surface area contributed by atoms with Crippen LogP contribution in [0.15, 0.2) is 60.7 Å². The number of carbonyl (C=O) groups excluding carboxylic acids is 3. The highest BCUT2D eigenvalue weighted by atomic mass is 16.6. The molecule has 0 bridgehead atoms. The van der Waals surface area contributed by atoms with Crippen molar-refractivity contribution in [3.63, 3.8) is 0 Å². The van der Waals surface area contributed by atoms with Crippen molar-refractivity contribution in [2.75, 3.05) is 13.2 Å². The molecule has 3 rings (SSSR count). The van der Waals surface area contributed by atoms with E-state index in [1.54, 1.807) is 12.1 Å². The van der Waals surface area contributed by atoms with Crippen LogP contribution in [0.1, 0.15) is 17.2 Å². The summed E-state index contributed by atoms with van der Waals surface area (Å²) in [6.45, 7) is -0.181. The molecule has 1 aliphatic rings. The summed E-state index contributed by atoms with van der Waals surface area (Å²) in [5.41, 5.74) is 1.61. The smallest absolute Gasteiger partial charge is 0.417 e. The SMILES string of the molecule is O=C(NC(CN1C(=O)COC1=O)c1ccccc1)OCc1ccccc1. The van der Waals surface area contributed by atoms with E-state index in [0.717, 1.165) is 16.0 Å². The molecule has 1 fully saturated rings. The zero-order chi connectivity index (χ0) is 18.4. The number of hydrogen-bond donors (Lipinski definition) is 1. The first kappa shape index (κ1) is 17.5. The number of amides is 3. The Hall–Kier alpha value is -3.35. The van der Waals surface area contributed by atoms with E-state index in [9.17, 15) is 14.4 Å². The third-order valence-electron chi connectivity index (χ3n) is 3.91. The Labute approximate surface area is 150 Å². The molecule has 1 atom stereocenters. The number of rotatable bonds is 6. The Morgan fingerprint density at radius 3 is 2.35 bits per heavy atom. The Balaban J connectivity index is 1.66. The predicted octanol–water partition coefficient (Wildman–Crippen LogP) is 2.63. The molecule has 2 aromatic carbocycles. The van der Waals surface area contributed by atoms with Crippen molar-refractivity contribution in [2.45, 2.75) is 12.6 Å². The molecular weight excluding hydrogens is 336 g/mol. The summed E-state index contributed by atoms with van der Waals surface area (Å²) in [5.74, 6) is -0.435. The topological polar surface area (TPSA) is 84.9 Å². The van der Waals surface area contributed by atoms with Gasteiger partial charge in [0, 0.05) is 0 Å². The summed E-state index contributed by atoms with van der Waals surface area (Å²) >= 11 is 0. The second kappa shape index (κ2) is 8.15. The quantitative estimate of drug-likeness (QED) is 0.862. The van der Waals surface area contributed by atoms with E-state index in [1.807, 2.05) is 48.5 Å². The van der Waals surface area contributed by atoms with Crippen molar-refractivity contribution in [2.24, 2.45) is 0 Å². The molecule has 0 aliphatic carbocycles. The maximum Gasteiger partial charge on any atom is 0.417 e. The molecule has 7 nitrogen and oxygen atoms in total. The minimum absolute atomic E-state index is 0.0257. The van der Waals surface area contributed by atoms with Crippen LogP contribution in [0.3, 0.4) is 0 Å². The fourth-order valence-electron chi connectivity index (χ4n) is 2.57. The molecule has 1 saturated heterocycles. The third-order valence-corrected chi connectivity index (χ3v) is 3.91. The molecule has 2 aromatic rings. The Morgan fingerprint density at radius 2 is 1.73 bits per heavy atom. The number of hydrogen-bond acceptors (Lipinski definition) is 5. The summed E-state index contributed by atoms with van der Waals surface area (Å²) in [6.07, 6.45) is -1.35. The Bertz CT molecular complexity index is 763. The van der Waals surface area contributed by atoms with Crippen LogP contribution in [0.2, 0.25) is 0 Å². The number of cyclic esters (lactones) is 1. The maximum absolute atomic E-state index is 12.2. The Morgan fingerprint density at radius 1 is 1.08 bits per heavy atom. The lowest BCUT2D eigenvalue weighted by Crippen LogP contribution is -2.40. The average molecular weight is 354 g/mol. The zero-order valence-electron chi connectivity index (χ0n) is 14.0. The van der Waals surface area contributed by atoms with Gasteiger partial charge in [0.25, 0.3) is 5.91 Å².